The van der Waals surface area contributed by atoms with Crippen molar-refractivity contribution in [2.24, 2.45) is 7.05 Å². The van der Waals surface area contributed by atoms with Gasteiger partial charge < -0.3 is 4.74 Å². The largest absolute Gasteiger partial charge is 0.466 e. The molecule has 1 amide bonds. The van der Waals surface area contributed by atoms with Gasteiger partial charge in [0.25, 0.3) is 0 Å². The molecular weight excluding hydrogens is 258 g/mol. The second-order valence-electron chi connectivity index (χ2n) is 3.22. The minimum atomic E-state index is -0.766. The smallest absolute Gasteiger partial charge is 0.388 e. The van der Waals surface area contributed by atoms with E-state index in [9.17, 15) is 4.79 Å². The van der Waals surface area contributed by atoms with Gasteiger partial charge in [0.15, 0.2) is 0 Å². The molecule has 1 rings (SSSR count). The molecule has 0 fully saturated rings. The maximum Gasteiger partial charge on any atom is 0.466 e. The van der Waals surface area contributed by atoms with Gasteiger partial charge in [-0.15, -0.1) is 0 Å². The van der Waals surface area contributed by atoms with Crippen LogP contribution in [-0.4, -0.2) is 41.1 Å². The van der Waals surface area contributed by atoms with Gasteiger partial charge in [-0.05, 0) is 11.0 Å². The Hall–Kier alpha value is -1.25. The highest BCUT2D eigenvalue weighted by Gasteiger charge is 2.18. The molecule has 0 aliphatic rings. The summed E-state index contributed by atoms with van der Waals surface area (Å²) in [6.45, 7) is 2.07. The quantitative estimate of drug-likeness (QED) is 0.735. The van der Waals surface area contributed by atoms with E-state index in [1.807, 2.05) is 0 Å². The molecule has 18 heavy (non-hydrogen) atoms. The summed E-state index contributed by atoms with van der Waals surface area (Å²) in [5, 5.41) is 4.86. The maximum atomic E-state index is 11.6. The van der Waals surface area contributed by atoms with Crippen LogP contribution in [0.2, 0.25) is 0 Å². The number of aromatic nitrogens is 2. The third-order valence-corrected chi connectivity index (χ3v) is 2.92. The maximum absolute atomic E-state index is 11.6. The molecule has 7 nitrogen and oxygen atoms in total. The van der Waals surface area contributed by atoms with Crippen LogP contribution in [0.3, 0.4) is 0 Å². The summed E-state index contributed by atoms with van der Waals surface area (Å²) < 4.78 is 6.57. The van der Waals surface area contributed by atoms with Gasteiger partial charge in [0, 0.05) is 18.9 Å². The summed E-state index contributed by atoms with van der Waals surface area (Å²) in [6.07, 6.45) is -0.766. The summed E-state index contributed by atoms with van der Waals surface area (Å²) in [5.74, 6) is 2.12. The van der Waals surface area contributed by atoms with Crippen LogP contribution < -0.4 is 4.74 Å². The van der Waals surface area contributed by atoms with Crippen molar-refractivity contribution in [1.82, 2.24) is 15.0 Å². The minimum Gasteiger partial charge on any atom is -0.388 e. The molecule has 1 heterocycles. The van der Waals surface area contributed by atoms with Crippen molar-refractivity contribution < 1.29 is 19.2 Å². The van der Waals surface area contributed by atoms with Crippen LogP contribution >= 0.6 is 11.8 Å². The molecule has 0 saturated heterocycles. The van der Waals surface area contributed by atoms with Crippen LogP contribution in [0.15, 0.2) is 6.07 Å². The Morgan fingerprint density at radius 2 is 2.17 bits per heavy atom. The number of thioether (sulfide) groups is 1. The Balaban J connectivity index is 2.66. The zero-order valence-corrected chi connectivity index (χ0v) is 11.7. The Labute approximate surface area is 110 Å². The van der Waals surface area contributed by atoms with E-state index in [0.29, 0.717) is 11.1 Å². The second kappa shape index (κ2) is 7.24. The number of hydroxylamine groups is 2. The van der Waals surface area contributed by atoms with Crippen molar-refractivity contribution in [1.29, 1.82) is 0 Å². The van der Waals surface area contributed by atoms with E-state index < -0.39 is 6.09 Å². The number of nitrogens with zero attached hydrogens (tertiary/aromatic N) is 3. The summed E-state index contributed by atoms with van der Waals surface area (Å²) in [7, 11) is 4.31. The average Bonchev–Trinajstić information content (AvgIpc) is 2.69. The van der Waals surface area contributed by atoms with Crippen LogP contribution in [0.25, 0.3) is 0 Å². The van der Waals surface area contributed by atoms with E-state index in [0.717, 1.165) is 17.2 Å². The van der Waals surface area contributed by atoms with Gasteiger partial charge in [-0.3, -0.25) is 0 Å². The van der Waals surface area contributed by atoms with Crippen LogP contribution in [0.1, 0.15) is 12.6 Å². The molecular formula is C10H17N3O4S. The monoisotopic (exact) mass is 275 g/mol. The number of ether oxygens (including phenoxy) is 1. The lowest BCUT2D eigenvalue weighted by molar-refractivity contribution is -0.305. The fourth-order valence-electron chi connectivity index (χ4n) is 1.23. The standard InChI is InChI=1S/C10H17N3O4S/c1-5-18-7-8-6-9(12(2)11-8)17-10(14)13(15-3)16-4/h6H,5,7H2,1-4H3. The third-order valence-electron chi connectivity index (χ3n) is 2.01. The Kier molecular flexibility index (Phi) is 5.96. The summed E-state index contributed by atoms with van der Waals surface area (Å²) in [5.41, 5.74) is 0.855. The average molecular weight is 275 g/mol. The van der Waals surface area contributed by atoms with Crippen LogP contribution in [0.5, 0.6) is 5.88 Å². The lowest BCUT2D eigenvalue weighted by atomic mass is 10.5. The van der Waals surface area contributed by atoms with Crippen molar-refractivity contribution in [3.8, 4) is 5.88 Å². The molecule has 0 atom stereocenters. The molecule has 102 valence electrons. The molecule has 1 aromatic rings. The van der Waals surface area contributed by atoms with Gasteiger partial charge in [0.1, 0.15) is 0 Å². The van der Waals surface area contributed by atoms with E-state index in [-0.39, 0.29) is 0 Å². The predicted molar refractivity (Wildman–Crippen MR) is 66.9 cm³/mol. The molecule has 0 aromatic carbocycles. The molecule has 0 bridgehead atoms. The molecule has 0 unspecified atom stereocenters. The molecule has 8 heteroatoms. The number of aryl methyl sites for hydroxylation is 1. The van der Waals surface area contributed by atoms with Gasteiger partial charge in [0.05, 0.1) is 19.9 Å². The van der Waals surface area contributed by atoms with E-state index in [1.54, 1.807) is 24.9 Å². The zero-order valence-electron chi connectivity index (χ0n) is 10.9. The fourth-order valence-corrected chi connectivity index (χ4v) is 1.78. The predicted octanol–water partition coefficient (Wildman–Crippen LogP) is 1.60. The number of hydrogen-bond donors (Lipinski definition) is 0. The van der Waals surface area contributed by atoms with E-state index in [4.69, 9.17) is 4.74 Å². The number of carbonyl (C=O) groups excluding carboxylic acids is 1. The van der Waals surface area contributed by atoms with E-state index >= 15 is 0 Å². The summed E-state index contributed by atoms with van der Waals surface area (Å²) >= 11 is 1.74. The van der Waals surface area contributed by atoms with E-state index in [1.165, 1.54) is 18.9 Å². The van der Waals surface area contributed by atoms with Crippen LogP contribution in [-0.2, 0) is 22.5 Å². The van der Waals surface area contributed by atoms with Crippen molar-refractivity contribution >= 4 is 17.9 Å². The minimum absolute atomic E-state index is 0.339. The van der Waals surface area contributed by atoms with Gasteiger partial charge in [0.2, 0.25) is 5.88 Å². The molecule has 0 radical (unpaired) electrons. The summed E-state index contributed by atoms with van der Waals surface area (Å²) in [6, 6.07) is 1.71. The third kappa shape index (κ3) is 3.90. The lowest BCUT2D eigenvalue weighted by Gasteiger charge is -2.14. The topological polar surface area (TPSA) is 65.8 Å². The Bertz CT molecular complexity index is 392. The SMILES string of the molecule is CCSCc1cc(OC(=O)N(OC)OC)n(C)n1. The highest BCUT2D eigenvalue weighted by atomic mass is 32.2. The zero-order chi connectivity index (χ0) is 13.5. The fraction of sp³-hybridized carbons (Fsp3) is 0.600. The van der Waals surface area contributed by atoms with Crippen LogP contribution in [0, 0.1) is 0 Å². The first kappa shape index (κ1) is 14.8. The molecule has 1 aromatic heterocycles. The first-order valence-electron chi connectivity index (χ1n) is 5.33. The lowest BCUT2D eigenvalue weighted by Crippen LogP contribution is -2.32. The Morgan fingerprint density at radius 1 is 1.50 bits per heavy atom. The normalized spacial score (nSPS) is 10.4. The number of carbonyl (C=O) groups is 1. The van der Waals surface area contributed by atoms with Gasteiger partial charge in [-0.1, -0.05) is 6.92 Å². The number of amides is 1. The molecule has 0 N–H and O–H groups in total. The highest BCUT2D eigenvalue weighted by Crippen LogP contribution is 2.17. The van der Waals surface area contributed by atoms with Crippen molar-refractivity contribution in [3.05, 3.63) is 11.8 Å². The molecule has 0 aliphatic carbocycles. The second-order valence-corrected chi connectivity index (χ2v) is 4.50. The van der Waals surface area contributed by atoms with Crippen LogP contribution in [0.4, 0.5) is 4.79 Å². The van der Waals surface area contributed by atoms with Gasteiger partial charge in [-0.25, -0.2) is 19.2 Å². The molecule has 0 saturated carbocycles. The first-order valence-corrected chi connectivity index (χ1v) is 6.48. The molecule has 0 spiro atoms. The number of hydrogen-bond acceptors (Lipinski definition) is 6. The van der Waals surface area contributed by atoms with Crippen molar-refractivity contribution in [3.63, 3.8) is 0 Å². The van der Waals surface area contributed by atoms with Gasteiger partial charge in [-0.2, -0.15) is 16.9 Å². The highest BCUT2D eigenvalue weighted by molar-refractivity contribution is 7.98. The summed E-state index contributed by atoms with van der Waals surface area (Å²) in [4.78, 5) is 20.9. The Morgan fingerprint density at radius 3 is 2.72 bits per heavy atom. The van der Waals surface area contributed by atoms with Crippen molar-refractivity contribution in [2.45, 2.75) is 12.7 Å². The molecule has 0 aliphatic heterocycles. The first-order chi connectivity index (χ1) is 8.62. The van der Waals surface area contributed by atoms with E-state index in [2.05, 4.69) is 21.7 Å². The van der Waals surface area contributed by atoms with Crippen molar-refractivity contribution in [2.75, 3.05) is 20.0 Å². The van der Waals surface area contributed by atoms with Gasteiger partial charge >= 0.3 is 6.09 Å². The number of rotatable bonds is 6.